The number of phenols is 2. The van der Waals surface area contributed by atoms with E-state index in [2.05, 4.69) is 20.6 Å². The molecule has 3 heterocycles. The maximum absolute atomic E-state index is 13.3. The molecule has 0 bridgehead atoms. The number of hydrogen-bond acceptors (Lipinski definition) is 6. The fourth-order valence-electron chi connectivity index (χ4n) is 3.76. The third kappa shape index (κ3) is 3.57. The Morgan fingerprint density at radius 2 is 1.97 bits per heavy atom. The highest BCUT2D eigenvalue weighted by Gasteiger charge is 2.29. The van der Waals surface area contributed by atoms with Crippen molar-refractivity contribution in [1.29, 1.82) is 0 Å². The topological polar surface area (TPSA) is 119 Å². The molecular weight excluding hydrogens is 396 g/mol. The van der Waals surface area contributed by atoms with Crippen molar-refractivity contribution in [3.05, 3.63) is 83.3 Å². The molecule has 0 atom stereocenters. The molecule has 9 heteroatoms. The Labute approximate surface area is 177 Å². The Kier molecular flexibility index (Phi) is 4.55. The van der Waals surface area contributed by atoms with E-state index in [9.17, 15) is 15.0 Å². The minimum atomic E-state index is -0.348. The molecule has 5 rings (SSSR count). The molecule has 2 aromatic carbocycles. The molecule has 0 fully saturated rings. The summed E-state index contributed by atoms with van der Waals surface area (Å²) in [6.07, 6.45) is 3.34. The predicted molar refractivity (Wildman–Crippen MR) is 113 cm³/mol. The van der Waals surface area contributed by atoms with Gasteiger partial charge >= 0.3 is 0 Å². The first-order chi connectivity index (χ1) is 15.1. The highest BCUT2D eigenvalue weighted by molar-refractivity contribution is 6.03. The molecule has 156 valence electrons. The molecule has 4 N–H and O–H groups in total. The zero-order valence-corrected chi connectivity index (χ0v) is 16.5. The minimum absolute atomic E-state index is 0.0865. The van der Waals surface area contributed by atoms with Gasteiger partial charge in [0.2, 0.25) is 0 Å². The van der Waals surface area contributed by atoms with Crippen LogP contribution in [0.3, 0.4) is 0 Å². The van der Waals surface area contributed by atoms with Crippen LogP contribution in [0.5, 0.6) is 11.5 Å². The van der Waals surface area contributed by atoms with Crippen molar-refractivity contribution in [2.45, 2.75) is 19.6 Å². The molecule has 9 nitrogen and oxygen atoms in total. The normalized spacial score (nSPS) is 12.7. The van der Waals surface area contributed by atoms with Crippen LogP contribution in [0.4, 0.5) is 11.5 Å². The first kappa shape index (κ1) is 18.7. The summed E-state index contributed by atoms with van der Waals surface area (Å²) in [5.41, 5.74) is 3.27. The van der Waals surface area contributed by atoms with Crippen LogP contribution in [-0.4, -0.2) is 41.0 Å². The van der Waals surface area contributed by atoms with E-state index in [1.54, 1.807) is 28.0 Å². The van der Waals surface area contributed by atoms with Gasteiger partial charge in [-0.2, -0.15) is 10.2 Å². The molecule has 31 heavy (non-hydrogen) atoms. The Morgan fingerprint density at radius 1 is 1.13 bits per heavy atom. The Hall–Kier alpha value is -4.27. The lowest BCUT2D eigenvalue weighted by Gasteiger charge is -2.20. The molecule has 0 saturated carbocycles. The average molecular weight is 416 g/mol. The largest absolute Gasteiger partial charge is 0.508 e. The van der Waals surface area contributed by atoms with Crippen molar-refractivity contribution in [1.82, 2.24) is 24.9 Å². The highest BCUT2D eigenvalue weighted by Crippen LogP contribution is 2.35. The van der Waals surface area contributed by atoms with Crippen molar-refractivity contribution in [2.75, 3.05) is 5.32 Å². The quantitative estimate of drug-likeness (QED) is 0.397. The first-order valence-corrected chi connectivity index (χ1v) is 9.77. The second kappa shape index (κ2) is 7.52. The van der Waals surface area contributed by atoms with Gasteiger partial charge in [0.25, 0.3) is 5.91 Å². The number of amides is 1. The van der Waals surface area contributed by atoms with Crippen LogP contribution in [0.15, 0.2) is 60.9 Å². The molecule has 1 amide bonds. The van der Waals surface area contributed by atoms with E-state index < -0.39 is 0 Å². The van der Waals surface area contributed by atoms with Gasteiger partial charge < -0.3 is 20.4 Å². The smallest absolute Gasteiger partial charge is 0.260 e. The Balaban J connectivity index is 1.45. The van der Waals surface area contributed by atoms with Gasteiger partial charge in [0, 0.05) is 30.3 Å². The van der Waals surface area contributed by atoms with Crippen LogP contribution in [-0.2, 0) is 19.6 Å². The first-order valence-electron chi connectivity index (χ1n) is 9.77. The summed E-state index contributed by atoms with van der Waals surface area (Å²) >= 11 is 0. The van der Waals surface area contributed by atoms with Crippen LogP contribution >= 0.6 is 0 Å². The van der Waals surface area contributed by atoms with Gasteiger partial charge in [-0.1, -0.05) is 30.3 Å². The number of fused-ring (bicyclic) bond motifs is 1. The van der Waals surface area contributed by atoms with Crippen LogP contribution in [0.2, 0.25) is 0 Å². The van der Waals surface area contributed by atoms with Gasteiger partial charge in [-0.15, -0.1) is 0 Å². The zero-order chi connectivity index (χ0) is 21.4. The summed E-state index contributed by atoms with van der Waals surface area (Å²) in [6.45, 7) is 1.30. The van der Waals surface area contributed by atoms with Crippen molar-refractivity contribution in [3.63, 3.8) is 0 Å². The van der Waals surface area contributed by atoms with E-state index in [-0.39, 0.29) is 23.0 Å². The Morgan fingerprint density at radius 3 is 2.77 bits per heavy atom. The molecular formula is C22H20N6O3. The Bertz CT molecular complexity index is 1230. The van der Waals surface area contributed by atoms with Gasteiger partial charge in [-0.3, -0.25) is 9.89 Å². The summed E-state index contributed by atoms with van der Waals surface area (Å²) < 4.78 is 1.75. The van der Waals surface area contributed by atoms with E-state index >= 15 is 0 Å². The SMILES string of the molecule is O=C(c1c(O)cc(O)cc1Nc1ccnn1Cc1ccccc1)N1Cc2cn[nH]c2C1. The molecule has 0 radical (unpaired) electrons. The summed E-state index contributed by atoms with van der Waals surface area (Å²) in [4.78, 5) is 14.9. The molecule has 4 aromatic rings. The predicted octanol–water partition coefficient (Wildman–Crippen LogP) is 2.97. The van der Waals surface area contributed by atoms with Crippen molar-refractivity contribution in [3.8, 4) is 11.5 Å². The van der Waals surface area contributed by atoms with Crippen LogP contribution in [0.1, 0.15) is 27.2 Å². The number of aromatic nitrogens is 4. The number of hydrogen-bond donors (Lipinski definition) is 4. The average Bonchev–Trinajstić information content (AvgIpc) is 3.45. The summed E-state index contributed by atoms with van der Waals surface area (Å²) in [5, 5.41) is 34.9. The highest BCUT2D eigenvalue weighted by atomic mass is 16.3. The molecule has 0 saturated heterocycles. The van der Waals surface area contributed by atoms with E-state index in [1.165, 1.54) is 6.07 Å². The number of benzene rings is 2. The summed E-state index contributed by atoms with van der Waals surface area (Å²) in [6, 6.07) is 14.2. The van der Waals surface area contributed by atoms with E-state index in [1.807, 2.05) is 30.3 Å². The van der Waals surface area contributed by atoms with Gasteiger partial charge in [0.05, 0.1) is 36.9 Å². The van der Waals surface area contributed by atoms with Gasteiger partial charge in [0.1, 0.15) is 22.9 Å². The maximum Gasteiger partial charge on any atom is 0.260 e. The number of aromatic hydroxyl groups is 2. The number of nitrogens with zero attached hydrogens (tertiary/aromatic N) is 4. The minimum Gasteiger partial charge on any atom is -0.508 e. The number of nitrogens with one attached hydrogen (secondary N) is 2. The number of carbonyl (C=O) groups excluding carboxylic acids is 1. The standard InChI is InChI=1S/C22H20N6O3/c29-16-8-17(25-20-6-7-24-28(20)11-14-4-2-1-3-5-14)21(19(30)9-16)22(31)27-12-15-10-23-26-18(15)13-27/h1-10,25,29-30H,11-13H2,(H,23,26). The van der Waals surface area contributed by atoms with Crippen LogP contribution in [0, 0.1) is 0 Å². The number of aromatic amines is 1. The van der Waals surface area contributed by atoms with E-state index in [0.717, 1.165) is 22.9 Å². The summed E-state index contributed by atoms with van der Waals surface area (Å²) in [5.74, 6) is -0.172. The lowest BCUT2D eigenvalue weighted by molar-refractivity contribution is 0.0747. The molecule has 0 aliphatic carbocycles. The third-order valence-corrected chi connectivity index (χ3v) is 5.28. The van der Waals surface area contributed by atoms with Gasteiger partial charge in [-0.05, 0) is 5.56 Å². The second-order valence-electron chi connectivity index (χ2n) is 7.41. The number of H-pyrrole nitrogens is 1. The molecule has 0 unspecified atom stereocenters. The fraction of sp³-hybridized carbons (Fsp3) is 0.136. The van der Waals surface area contributed by atoms with Crippen molar-refractivity contribution >= 4 is 17.4 Å². The molecule has 1 aliphatic rings. The van der Waals surface area contributed by atoms with Crippen LogP contribution in [0.25, 0.3) is 0 Å². The fourth-order valence-corrected chi connectivity index (χ4v) is 3.76. The van der Waals surface area contributed by atoms with E-state index in [4.69, 9.17) is 0 Å². The number of rotatable bonds is 5. The monoisotopic (exact) mass is 416 g/mol. The number of phenolic OH excluding ortho intramolecular Hbond substituents is 2. The molecule has 0 spiro atoms. The second-order valence-corrected chi connectivity index (χ2v) is 7.41. The van der Waals surface area contributed by atoms with Gasteiger partial charge in [-0.25, -0.2) is 4.68 Å². The number of anilines is 2. The lowest BCUT2D eigenvalue weighted by Crippen LogP contribution is -2.26. The molecule has 1 aliphatic heterocycles. The van der Waals surface area contributed by atoms with Gasteiger partial charge in [0.15, 0.2) is 0 Å². The van der Waals surface area contributed by atoms with Crippen LogP contribution < -0.4 is 5.32 Å². The molecule has 2 aromatic heterocycles. The summed E-state index contributed by atoms with van der Waals surface area (Å²) in [7, 11) is 0. The van der Waals surface area contributed by atoms with E-state index in [0.29, 0.717) is 31.1 Å². The third-order valence-electron chi connectivity index (χ3n) is 5.28. The van der Waals surface area contributed by atoms with Crippen molar-refractivity contribution in [2.24, 2.45) is 0 Å². The zero-order valence-electron chi connectivity index (χ0n) is 16.5. The lowest BCUT2D eigenvalue weighted by atomic mass is 10.1. The van der Waals surface area contributed by atoms with Crippen molar-refractivity contribution < 1.29 is 15.0 Å². The maximum atomic E-state index is 13.3. The number of carbonyl (C=O) groups is 1.